The number of hydrogen-bond acceptors (Lipinski definition) is 1. The average molecular weight is 279 g/mol. The first-order valence-electron chi connectivity index (χ1n) is 4.71. The number of benzene rings is 1. The summed E-state index contributed by atoms with van der Waals surface area (Å²) in [5.74, 6) is -1.34. The van der Waals surface area contributed by atoms with Crippen molar-refractivity contribution in [2.24, 2.45) is 5.92 Å². The smallest absolute Gasteiger partial charge is 0.190 e. The summed E-state index contributed by atoms with van der Waals surface area (Å²) in [7, 11) is 0. The van der Waals surface area contributed by atoms with Gasteiger partial charge >= 0.3 is 0 Å². The molecule has 1 nitrogen and oxygen atoms in total. The van der Waals surface area contributed by atoms with Gasteiger partial charge in [-0.1, -0.05) is 29.8 Å². The van der Waals surface area contributed by atoms with Gasteiger partial charge in [-0.2, -0.15) is 0 Å². The maximum atomic E-state index is 13.4. The van der Waals surface area contributed by atoms with E-state index in [-0.39, 0.29) is 11.7 Å². The van der Waals surface area contributed by atoms with Crippen LogP contribution in [0.25, 0.3) is 0 Å². The molecule has 0 spiro atoms. The van der Waals surface area contributed by atoms with E-state index >= 15 is 0 Å². The lowest BCUT2D eigenvalue weighted by Gasteiger charge is -2.11. The normalized spacial score (nSPS) is 10.8. The zero-order valence-electron chi connectivity index (χ0n) is 8.69. The molecule has 1 aromatic carbocycles. The molecule has 0 aliphatic heterocycles. The molecule has 0 N–H and O–H groups in total. The van der Waals surface area contributed by atoms with Crippen molar-refractivity contribution in [2.45, 2.75) is 19.2 Å². The Labute approximate surface area is 96.6 Å². The lowest BCUT2D eigenvalue weighted by molar-refractivity contribution is 0.247. The predicted octanol–water partition coefficient (Wildman–Crippen LogP) is 3.89. The van der Waals surface area contributed by atoms with Crippen LogP contribution in [0.15, 0.2) is 12.1 Å². The van der Waals surface area contributed by atoms with Crippen LogP contribution < -0.4 is 4.74 Å². The SMILES string of the molecule is CC(C)COc1c(F)cc(CBr)cc1F. The molecule has 0 saturated carbocycles. The highest BCUT2D eigenvalue weighted by atomic mass is 79.9. The molecule has 0 aliphatic carbocycles. The van der Waals surface area contributed by atoms with Gasteiger partial charge in [-0.25, -0.2) is 8.78 Å². The highest BCUT2D eigenvalue weighted by Gasteiger charge is 2.12. The van der Waals surface area contributed by atoms with Crippen LogP contribution in [0.1, 0.15) is 19.4 Å². The number of rotatable bonds is 4. The van der Waals surface area contributed by atoms with Gasteiger partial charge in [0.05, 0.1) is 6.61 Å². The number of halogens is 3. The lowest BCUT2D eigenvalue weighted by Crippen LogP contribution is -2.07. The Hall–Kier alpha value is -0.640. The molecule has 0 bridgehead atoms. The summed E-state index contributed by atoms with van der Waals surface area (Å²) in [6, 6.07) is 2.54. The summed E-state index contributed by atoms with van der Waals surface area (Å²) in [6.45, 7) is 4.15. The van der Waals surface area contributed by atoms with E-state index in [1.54, 1.807) is 0 Å². The summed E-state index contributed by atoms with van der Waals surface area (Å²) < 4.78 is 31.8. The molecule has 0 amide bonds. The summed E-state index contributed by atoms with van der Waals surface area (Å²) in [6.07, 6.45) is 0. The third-order valence-corrected chi connectivity index (χ3v) is 2.42. The summed E-state index contributed by atoms with van der Waals surface area (Å²) in [5.41, 5.74) is 0.557. The van der Waals surface area contributed by atoms with Gasteiger partial charge in [-0.15, -0.1) is 0 Å². The van der Waals surface area contributed by atoms with Crippen molar-refractivity contribution in [3.63, 3.8) is 0 Å². The molecule has 1 rings (SSSR count). The van der Waals surface area contributed by atoms with Crippen molar-refractivity contribution in [1.82, 2.24) is 0 Å². The highest BCUT2D eigenvalue weighted by Crippen LogP contribution is 2.24. The Kier molecular flexibility index (Phi) is 4.51. The first kappa shape index (κ1) is 12.4. The fraction of sp³-hybridized carbons (Fsp3) is 0.455. The van der Waals surface area contributed by atoms with Crippen LogP contribution in [0.2, 0.25) is 0 Å². The van der Waals surface area contributed by atoms with Gasteiger partial charge in [0.2, 0.25) is 0 Å². The standard InChI is InChI=1S/C11H13BrF2O/c1-7(2)6-15-11-9(13)3-8(5-12)4-10(11)14/h3-4,7H,5-6H2,1-2H3. The van der Waals surface area contributed by atoms with E-state index in [9.17, 15) is 8.78 Å². The molecular weight excluding hydrogens is 266 g/mol. The van der Waals surface area contributed by atoms with E-state index < -0.39 is 11.6 Å². The van der Waals surface area contributed by atoms with Gasteiger partial charge in [0, 0.05) is 5.33 Å². The Balaban J connectivity index is 2.88. The molecule has 0 aliphatic rings. The van der Waals surface area contributed by atoms with Crippen molar-refractivity contribution in [1.29, 1.82) is 0 Å². The fourth-order valence-electron chi connectivity index (χ4n) is 1.08. The minimum absolute atomic E-state index is 0.236. The van der Waals surface area contributed by atoms with Gasteiger partial charge in [-0.05, 0) is 23.6 Å². The van der Waals surface area contributed by atoms with Crippen LogP contribution in [0.5, 0.6) is 5.75 Å². The third-order valence-electron chi connectivity index (χ3n) is 1.77. The van der Waals surface area contributed by atoms with Crippen LogP contribution >= 0.6 is 15.9 Å². The number of alkyl halides is 1. The molecule has 0 saturated heterocycles. The van der Waals surface area contributed by atoms with Gasteiger partial charge < -0.3 is 4.74 Å². The number of hydrogen-bond donors (Lipinski definition) is 0. The lowest BCUT2D eigenvalue weighted by atomic mass is 10.2. The van der Waals surface area contributed by atoms with Crippen molar-refractivity contribution < 1.29 is 13.5 Å². The van der Waals surface area contributed by atoms with E-state index in [0.717, 1.165) is 0 Å². The largest absolute Gasteiger partial charge is 0.487 e. The van der Waals surface area contributed by atoms with E-state index in [1.807, 2.05) is 13.8 Å². The van der Waals surface area contributed by atoms with Crippen LogP contribution in [-0.4, -0.2) is 6.61 Å². The van der Waals surface area contributed by atoms with E-state index in [1.165, 1.54) is 12.1 Å². The zero-order valence-corrected chi connectivity index (χ0v) is 10.3. The topological polar surface area (TPSA) is 9.23 Å². The minimum atomic E-state index is -0.648. The van der Waals surface area contributed by atoms with Crippen LogP contribution in [0, 0.1) is 17.6 Å². The third kappa shape index (κ3) is 3.45. The summed E-state index contributed by atoms with van der Waals surface area (Å²) in [4.78, 5) is 0. The Bertz CT molecular complexity index is 316. The molecule has 4 heteroatoms. The maximum absolute atomic E-state index is 13.4. The van der Waals surface area contributed by atoms with Gasteiger partial charge in [0.15, 0.2) is 17.4 Å². The molecule has 0 atom stereocenters. The van der Waals surface area contributed by atoms with Crippen LogP contribution in [0.3, 0.4) is 0 Å². The average Bonchev–Trinajstić information content (AvgIpc) is 2.15. The van der Waals surface area contributed by atoms with Gasteiger partial charge in [-0.3, -0.25) is 0 Å². The minimum Gasteiger partial charge on any atom is -0.487 e. The molecule has 0 radical (unpaired) electrons. The molecule has 0 heterocycles. The molecule has 0 unspecified atom stereocenters. The second-order valence-electron chi connectivity index (χ2n) is 3.73. The quantitative estimate of drug-likeness (QED) is 0.760. The monoisotopic (exact) mass is 278 g/mol. The molecule has 0 aromatic heterocycles. The first-order chi connectivity index (χ1) is 7.04. The van der Waals surface area contributed by atoms with Crippen molar-refractivity contribution in [3.8, 4) is 5.75 Å². The van der Waals surface area contributed by atoms with Crippen LogP contribution in [0.4, 0.5) is 8.78 Å². The Morgan fingerprint density at radius 1 is 1.27 bits per heavy atom. The predicted molar refractivity (Wildman–Crippen MR) is 59.3 cm³/mol. The summed E-state index contributed by atoms with van der Waals surface area (Å²) in [5, 5.41) is 0.422. The van der Waals surface area contributed by atoms with E-state index in [4.69, 9.17) is 4.74 Å². The Morgan fingerprint density at radius 3 is 2.20 bits per heavy atom. The van der Waals surface area contributed by atoms with Gasteiger partial charge in [0.1, 0.15) is 0 Å². The Morgan fingerprint density at radius 2 is 1.80 bits per heavy atom. The van der Waals surface area contributed by atoms with Crippen molar-refractivity contribution in [3.05, 3.63) is 29.3 Å². The fourth-order valence-corrected chi connectivity index (χ4v) is 1.40. The molecular formula is C11H13BrF2O. The van der Waals surface area contributed by atoms with Crippen molar-refractivity contribution in [2.75, 3.05) is 6.61 Å². The second kappa shape index (κ2) is 5.45. The van der Waals surface area contributed by atoms with Gasteiger partial charge in [0.25, 0.3) is 0 Å². The highest BCUT2D eigenvalue weighted by molar-refractivity contribution is 9.08. The van der Waals surface area contributed by atoms with Crippen molar-refractivity contribution >= 4 is 15.9 Å². The molecule has 84 valence electrons. The molecule has 1 aromatic rings. The number of ether oxygens (including phenoxy) is 1. The first-order valence-corrected chi connectivity index (χ1v) is 5.83. The van der Waals surface area contributed by atoms with Crippen LogP contribution in [-0.2, 0) is 5.33 Å². The van der Waals surface area contributed by atoms with E-state index in [2.05, 4.69) is 15.9 Å². The molecule has 15 heavy (non-hydrogen) atoms. The zero-order chi connectivity index (χ0) is 11.4. The summed E-state index contributed by atoms with van der Waals surface area (Å²) >= 11 is 3.14. The second-order valence-corrected chi connectivity index (χ2v) is 4.29. The maximum Gasteiger partial charge on any atom is 0.190 e. The van der Waals surface area contributed by atoms with E-state index in [0.29, 0.717) is 17.5 Å². The molecule has 0 fully saturated rings.